The van der Waals surface area contributed by atoms with Gasteiger partial charge < -0.3 is 5.11 Å². The lowest BCUT2D eigenvalue weighted by Gasteiger charge is -1.99. The van der Waals surface area contributed by atoms with Crippen molar-refractivity contribution in [3.8, 4) is 0 Å². The smallest absolute Gasteiger partial charge is 0.0462 e. The Labute approximate surface area is 87.9 Å². The van der Waals surface area contributed by atoms with Crippen molar-refractivity contribution in [2.24, 2.45) is 23.7 Å². The fourth-order valence-corrected chi connectivity index (χ4v) is 2.82. The van der Waals surface area contributed by atoms with E-state index in [4.69, 9.17) is 5.11 Å². The van der Waals surface area contributed by atoms with Gasteiger partial charge in [0.1, 0.15) is 0 Å². The maximum absolute atomic E-state index is 8.95. The summed E-state index contributed by atoms with van der Waals surface area (Å²) in [5, 5.41) is 8.95. The van der Waals surface area contributed by atoms with Crippen LogP contribution in [0, 0.1) is 23.7 Å². The SMILES string of the molecule is CCCCC[C@@H]1CC1C[C@@H]1C[C@@H]1CO. The molecule has 14 heavy (non-hydrogen) atoms. The lowest BCUT2D eigenvalue weighted by molar-refractivity contribution is 0.266. The number of hydrogen-bond acceptors (Lipinski definition) is 1. The Hall–Kier alpha value is -0.0400. The van der Waals surface area contributed by atoms with Crippen molar-refractivity contribution in [2.45, 2.75) is 51.9 Å². The van der Waals surface area contributed by atoms with Crippen LogP contribution in [0.3, 0.4) is 0 Å². The van der Waals surface area contributed by atoms with Crippen LogP contribution in [0.25, 0.3) is 0 Å². The van der Waals surface area contributed by atoms with E-state index in [9.17, 15) is 0 Å². The first-order valence-electron chi connectivity index (χ1n) is 6.46. The van der Waals surface area contributed by atoms with Crippen molar-refractivity contribution in [1.82, 2.24) is 0 Å². The van der Waals surface area contributed by atoms with E-state index < -0.39 is 0 Å². The van der Waals surface area contributed by atoms with Crippen LogP contribution in [0.15, 0.2) is 0 Å². The van der Waals surface area contributed by atoms with Gasteiger partial charge in [-0.15, -0.1) is 0 Å². The summed E-state index contributed by atoms with van der Waals surface area (Å²) in [6.45, 7) is 2.72. The summed E-state index contributed by atoms with van der Waals surface area (Å²) in [6, 6.07) is 0. The molecule has 1 nitrogen and oxygen atoms in total. The molecule has 2 saturated carbocycles. The molecule has 0 saturated heterocycles. The fourth-order valence-electron chi connectivity index (χ4n) is 2.82. The molecule has 0 heterocycles. The third-order valence-corrected chi connectivity index (χ3v) is 4.16. The van der Waals surface area contributed by atoms with Gasteiger partial charge in [-0.1, -0.05) is 32.6 Å². The van der Waals surface area contributed by atoms with Gasteiger partial charge in [0, 0.05) is 6.61 Å². The Morgan fingerprint density at radius 1 is 1.00 bits per heavy atom. The second kappa shape index (κ2) is 4.65. The van der Waals surface area contributed by atoms with E-state index in [0.29, 0.717) is 12.5 Å². The largest absolute Gasteiger partial charge is 0.396 e. The van der Waals surface area contributed by atoms with E-state index in [2.05, 4.69) is 6.92 Å². The number of aliphatic hydroxyl groups is 1. The second-order valence-corrected chi connectivity index (χ2v) is 5.43. The van der Waals surface area contributed by atoms with Crippen molar-refractivity contribution >= 4 is 0 Å². The topological polar surface area (TPSA) is 20.2 Å². The first-order chi connectivity index (χ1) is 6.85. The number of rotatable bonds is 7. The third kappa shape index (κ3) is 2.73. The average Bonchev–Trinajstić information content (AvgIpc) is 3.06. The van der Waals surface area contributed by atoms with Crippen LogP contribution in [0.5, 0.6) is 0 Å². The molecule has 82 valence electrons. The van der Waals surface area contributed by atoms with Gasteiger partial charge in [0.15, 0.2) is 0 Å². The number of aliphatic hydroxyl groups excluding tert-OH is 1. The average molecular weight is 196 g/mol. The highest BCUT2D eigenvalue weighted by molar-refractivity contribution is 4.94. The van der Waals surface area contributed by atoms with Gasteiger partial charge in [0.2, 0.25) is 0 Å². The van der Waals surface area contributed by atoms with Crippen LogP contribution in [0.2, 0.25) is 0 Å². The van der Waals surface area contributed by atoms with Gasteiger partial charge in [-0.2, -0.15) is 0 Å². The molecule has 2 aliphatic carbocycles. The van der Waals surface area contributed by atoms with Crippen LogP contribution in [0.4, 0.5) is 0 Å². The molecule has 2 rings (SSSR count). The molecular weight excluding hydrogens is 172 g/mol. The molecule has 0 radical (unpaired) electrons. The lowest BCUT2D eigenvalue weighted by atomic mass is 10.1. The van der Waals surface area contributed by atoms with Crippen LogP contribution < -0.4 is 0 Å². The van der Waals surface area contributed by atoms with E-state index in [1.54, 1.807) is 0 Å². The Kier molecular flexibility index (Phi) is 3.48. The first-order valence-corrected chi connectivity index (χ1v) is 6.46. The lowest BCUT2D eigenvalue weighted by Crippen LogP contribution is -1.91. The zero-order chi connectivity index (χ0) is 9.97. The summed E-state index contributed by atoms with van der Waals surface area (Å²) in [5.41, 5.74) is 0. The zero-order valence-electron chi connectivity index (χ0n) is 9.41. The third-order valence-electron chi connectivity index (χ3n) is 4.16. The van der Waals surface area contributed by atoms with E-state index >= 15 is 0 Å². The van der Waals surface area contributed by atoms with Gasteiger partial charge in [-0.25, -0.2) is 0 Å². The van der Waals surface area contributed by atoms with Crippen molar-refractivity contribution < 1.29 is 5.11 Å². The van der Waals surface area contributed by atoms with Gasteiger partial charge in [0.25, 0.3) is 0 Å². The van der Waals surface area contributed by atoms with E-state index in [1.807, 2.05) is 0 Å². The van der Waals surface area contributed by atoms with Gasteiger partial charge >= 0.3 is 0 Å². The normalized spacial score (nSPS) is 39.9. The Morgan fingerprint density at radius 2 is 1.71 bits per heavy atom. The molecule has 0 aliphatic heterocycles. The van der Waals surface area contributed by atoms with E-state index in [0.717, 1.165) is 17.8 Å². The highest BCUT2D eigenvalue weighted by Crippen LogP contribution is 2.53. The highest BCUT2D eigenvalue weighted by Gasteiger charge is 2.44. The Morgan fingerprint density at radius 3 is 2.36 bits per heavy atom. The minimum absolute atomic E-state index is 0.442. The van der Waals surface area contributed by atoms with Crippen LogP contribution in [-0.4, -0.2) is 11.7 Å². The number of hydrogen-bond donors (Lipinski definition) is 1. The fraction of sp³-hybridized carbons (Fsp3) is 1.00. The minimum Gasteiger partial charge on any atom is -0.396 e. The molecule has 0 aromatic rings. The van der Waals surface area contributed by atoms with Crippen molar-refractivity contribution in [3.63, 3.8) is 0 Å². The molecule has 0 bridgehead atoms. The van der Waals surface area contributed by atoms with Crippen LogP contribution in [0.1, 0.15) is 51.9 Å². The van der Waals surface area contributed by atoms with Crippen molar-refractivity contribution in [1.29, 1.82) is 0 Å². The second-order valence-electron chi connectivity index (χ2n) is 5.43. The summed E-state index contributed by atoms with van der Waals surface area (Å²) in [6.07, 6.45) is 9.95. The van der Waals surface area contributed by atoms with Crippen molar-refractivity contribution in [3.05, 3.63) is 0 Å². The molecule has 0 aromatic carbocycles. The van der Waals surface area contributed by atoms with E-state index in [-0.39, 0.29) is 0 Å². The first kappa shape index (κ1) is 10.5. The maximum atomic E-state index is 8.95. The van der Waals surface area contributed by atoms with E-state index in [1.165, 1.54) is 44.9 Å². The standard InChI is InChI=1S/C13H24O/c1-2-3-4-5-10-6-11(10)7-12-8-13(12)9-14/h10-14H,2-9H2,1H3/t10-,11?,12-,13-/m1/s1. The molecule has 1 N–H and O–H groups in total. The quantitative estimate of drug-likeness (QED) is 0.620. The molecule has 2 aliphatic rings. The molecule has 0 amide bonds. The van der Waals surface area contributed by atoms with Gasteiger partial charge in [-0.05, 0) is 42.9 Å². The molecule has 1 unspecified atom stereocenters. The molecule has 0 aromatic heterocycles. The van der Waals surface area contributed by atoms with Gasteiger partial charge in [0.05, 0.1) is 0 Å². The summed E-state index contributed by atoms with van der Waals surface area (Å²) in [5.74, 6) is 3.71. The highest BCUT2D eigenvalue weighted by atomic mass is 16.3. The summed E-state index contributed by atoms with van der Waals surface area (Å²) < 4.78 is 0. The monoisotopic (exact) mass is 196 g/mol. The van der Waals surface area contributed by atoms with Crippen LogP contribution in [-0.2, 0) is 0 Å². The predicted molar refractivity (Wildman–Crippen MR) is 59.0 cm³/mol. The Bertz CT molecular complexity index is 178. The molecule has 1 heteroatoms. The maximum Gasteiger partial charge on any atom is 0.0462 e. The minimum atomic E-state index is 0.442. The van der Waals surface area contributed by atoms with Crippen LogP contribution >= 0.6 is 0 Å². The number of unbranched alkanes of at least 4 members (excludes halogenated alkanes) is 2. The summed E-state index contributed by atoms with van der Waals surface area (Å²) >= 11 is 0. The molecule has 2 fully saturated rings. The summed E-state index contributed by atoms with van der Waals surface area (Å²) in [7, 11) is 0. The molecular formula is C13H24O. The Balaban J connectivity index is 1.50. The molecule has 4 atom stereocenters. The van der Waals surface area contributed by atoms with Gasteiger partial charge in [-0.3, -0.25) is 0 Å². The molecule has 0 spiro atoms. The van der Waals surface area contributed by atoms with Crippen molar-refractivity contribution in [2.75, 3.05) is 6.61 Å². The predicted octanol–water partition coefficient (Wildman–Crippen LogP) is 3.22. The zero-order valence-corrected chi connectivity index (χ0v) is 9.41. The summed E-state index contributed by atoms with van der Waals surface area (Å²) in [4.78, 5) is 0.